The van der Waals surface area contributed by atoms with Gasteiger partial charge in [-0.1, -0.05) is 28.1 Å². The first kappa shape index (κ1) is 13.8. The van der Waals surface area contributed by atoms with Crippen LogP contribution in [0.2, 0.25) is 0 Å². The highest BCUT2D eigenvalue weighted by atomic mass is 79.9. The van der Waals surface area contributed by atoms with Crippen LogP contribution in [-0.4, -0.2) is 10.9 Å². The Labute approximate surface area is 130 Å². The van der Waals surface area contributed by atoms with Gasteiger partial charge in [0.2, 0.25) is 5.91 Å². The maximum absolute atomic E-state index is 12.0. The minimum atomic E-state index is -0.0621. The lowest BCUT2D eigenvalue weighted by Crippen LogP contribution is -2.14. The minimum Gasteiger partial charge on any atom is -0.441 e. The Hall–Kier alpha value is -2.14. The minimum absolute atomic E-state index is 0.0621. The summed E-state index contributed by atoms with van der Waals surface area (Å²) in [6.07, 6.45) is 0.334. The fraction of sp³-hybridized carbons (Fsp3) is 0.125. The van der Waals surface area contributed by atoms with Gasteiger partial charge in [-0.05, 0) is 29.8 Å². The number of fused-ring (bicyclic) bond motifs is 1. The molecule has 0 atom stereocenters. The van der Waals surface area contributed by atoms with Gasteiger partial charge in [0.1, 0.15) is 5.52 Å². The van der Waals surface area contributed by atoms with Crippen molar-refractivity contribution in [1.29, 1.82) is 0 Å². The van der Waals surface area contributed by atoms with E-state index < -0.39 is 0 Å². The maximum Gasteiger partial charge on any atom is 0.228 e. The van der Waals surface area contributed by atoms with Crippen molar-refractivity contribution in [3.8, 4) is 0 Å². The molecule has 0 aliphatic rings. The number of carbonyl (C=O) groups is 1. The third-order valence-electron chi connectivity index (χ3n) is 3.06. The van der Waals surface area contributed by atoms with Crippen molar-refractivity contribution in [2.24, 2.45) is 0 Å². The van der Waals surface area contributed by atoms with Gasteiger partial charge >= 0.3 is 0 Å². The summed E-state index contributed by atoms with van der Waals surface area (Å²) in [4.78, 5) is 16.3. The molecule has 0 radical (unpaired) electrons. The summed E-state index contributed by atoms with van der Waals surface area (Å²) < 4.78 is 6.45. The maximum atomic E-state index is 12.0. The Morgan fingerprint density at radius 3 is 2.76 bits per heavy atom. The lowest BCUT2D eigenvalue weighted by Gasteiger charge is -2.05. The molecule has 1 heterocycles. The average Bonchev–Trinajstić information content (AvgIpc) is 2.80. The zero-order valence-corrected chi connectivity index (χ0v) is 13.0. The number of oxazole rings is 1. The molecule has 1 amide bonds. The monoisotopic (exact) mass is 344 g/mol. The van der Waals surface area contributed by atoms with E-state index in [0.717, 1.165) is 15.6 Å². The lowest BCUT2D eigenvalue weighted by atomic mass is 10.1. The van der Waals surface area contributed by atoms with Gasteiger partial charge in [-0.15, -0.1) is 0 Å². The van der Waals surface area contributed by atoms with E-state index >= 15 is 0 Å². The smallest absolute Gasteiger partial charge is 0.228 e. The van der Waals surface area contributed by atoms with E-state index in [1.165, 1.54) is 0 Å². The topological polar surface area (TPSA) is 55.1 Å². The van der Waals surface area contributed by atoms with Gasteiger partial charge in [0, 0.05) is 23.2 Å². The zero-order valence-electron chi connectivity index (χ0n) is 11.4. The summed E-state index contributed by atoms with van der Waals surface area (Å²) in [6.45, 7) is 1.80. The highest BCUT2D eigenvalue weighted by Gasteiger charge is 2.07. The fourth-order valence-electron chi connectivity index (χ4n) is 2.11. The number of nitrogens with one attached hydrogen (secondary N) is 1. The van der Waals surface area contributed by atoms with Crippen LogP contribution >= 0.6 is 15.9 Å². The Kier molecular flexibility index (Phi) is 3.75. The second kappa shape index (κ2) is 5.69. The predicted molar refractivity (Wildman–Crippen MR) is 85.2 cm³/mol. The first-order chi connectivity index (χ1) is 10.1. The molecule has 0 unspecified atom stereocenters. The molecule has 5 heteroatoms. The normalized spacial score (nSPS) is 10.8. The molecular weight excluding hydrogens is 332 g/mol. The van der Waals surface area contributed by atoms with Crippen LogP contribution in [0.15, 0.2) is 51.4 Å². The molecule has 0 bridgehead atoms. The highest BCUT2D eigenvalue weighted by molar-refractivity contribution is 9.10. The van der Waals surface area contributed by atoms with Gasteiger partial charge in [-0.3, -0.25) is 4.79 Å². The molecular formula is C16H13BrN2O2. The van der Waals surface area contributed by atoms with E-state index in [4.69, 9.17) is 4.42 Å². The SMILES string of the molecule is Cc1nc2ccc(NC(=O)Cc3ccc(Br)cc3)cc2o1. The standard InChI is InChI=1S/C16H13BrN2O2/c1-10-18-14-7-6-13(9-15(14)21-10)19-16(20)8-11-2-4-12(17)5-3-11/h2-7,9H,8H2,1H3,(H,19,20). The summed E-state index contributed by atoms with van der Waals surface area (Å²) in [5.74, 6) is 0.552. The number of rotatable bonds is 3. The van der Waals surface area contributed by atoms with Crippen molar-refractivity contribution >= 4 is 38.6 Å². The van der Waals surface area contributed by atoms with Gasteiger partial charge in [0.15, 0.2) is 11.5 Å². The van der Waals surface area contributed by atoms with Gasteiger partial charge in [0.05, 0.1) is 6.42 Å². The van der Waals surface area contributed by atoms with Gasteiger partial charge in [-0.25, -0.2) is 4.98 Å². The first-order valence-electron chi connectivity index (χ1n) is 6.52. The van der Waals surface area contributed by atoms with E-state index in [9.17, 15) is 4.79 Å². The quantitative estimate of drug-likeness (QED) is 0.778. The van der Waals surface area contributed by atoms with Crippen molar-refractivity contribution < 1.29 is 9.21 Å². The number of hydrogen-bond donors (Lipinski definition) is 1. The van der Waals surface area contributed by atoms with E-state index in [-0.39, 0.29) is 5.91 Å². The number of aromatic nitrogens is 1. The average molecular weight is 345 g/mol. The van der Waals surface area contributed by atoms with Gasteiger partial charge in [-0.2, -0.15) is 0 Å². The fourth-order valence-corrected chi connectivity index (χ4v) is 2.37. The summed E-state index contributed by atoms with van der Waals surface area (Å²) in [6, 6.07) is 13.1. The Morgan fingerprint density at radius 2 is 2.00 bits per heavy atom. The van der Waals surface area contributed by atoms with Crippen molar-refractivity contribution in [1.82, 2.24) is 4.98 Å². The number of amides is 1. The van der Waals surface area contributed by atoms with Crippen LogP contribution in [0.25, 0.3) is 11.1 Å². The molecule has 0 aliphatic heterocycles. The molecule has 0 saturated carbocycles. The number of aryl methyl sites for hydroxylation is 1. The zero-order chi connectivity index (χ0) is 14.8. The largest absolute Gasteiger partial charge is 0.441 e. The van der Waals surface area contributed by atoms with Crippen LogP contribution < -0.4 is 5.32 Å². The summed E-state index contributed by atoms with van der Waals surface area (Å²) in [5, 5.41) is 2.87. The van der Waals surface area contributed by atoms with Crippen molar-refractivity contribution in [2.75, 3.05) is 5.32 Å². The molecule has 1 N–H and O–H groups in total. The Bertz CT molecular complexity index is 794. The van der Waals surface area contributed by atoms with Gasteiger partial charge < -0.3 is 9.73 Å². The molecule has 2 aromatic carbocycles. The van der Waals surface area contributed by atoms with E-state index in [2.05, 4.69) is 26.2 Å². The van der Waals surface area contributed by atoms with E-state index in [1.807, 2.05) is 36.4 Å². The molecule has 1 aromatic heterocycles. The van der Waals surface area contributed by atoms with Crippen LogP contribution in [0, 0.1) is 6.92 Å². The Balaban J connectivity index is 1.71. The van der Waals surface area contributed by atoms with Crippen LogP contribution in [-0.2, 0) is 11.2 Å². The third kappa shape index (κ3) is 3.31. The van der Waals surface area contributed by atoms with Crippen molar-refractivity contribution in [3.63, 3.8) is 0 Å². The number of hydrogen-bond acceptors (Lipinski definition) is 3. The molecule has 4 nitrogen and oxygen atoms in total. The second-order valence-electron chi connectivity index (χ2n) is 4.77. The molecule has 3 rings (SSSR count). The molecule has 106 valence electrons. The van der Waals surface area contributed by atoms with Crippen LogP contribution in [0.3, 0.4) is 0 Å². The molecule has 0 spiro atoms. The van der Waals surface area contributed by atoms with Gasteiger partial charge in [0.25, 0.3) is 0 Å². The Morgan fingerprint density at radius 1 is 1.24 bits per heavy atom. The first-order valence-corrected chi connectivity index (χ1v) is 7.31. The number of carbonyl (C=O) groups excluding carboxylic acids is 1. The third-order valence-corrected chi connectivity index (χ3v) is 3.59. The van der Waals surface area contributed by atoms with Crippen molar-refractivity contribution in [2.45, 2.75) is 13.3 Å². The summed E-state index contributed by atoms with van der Waals surface area (Å²) in [7, 11) is 0. The molecule has 21 heavy (non-hydrogen) atoms. The van der Waals surface area contributed by atoms with E-state index in [1.54, 1.807) is 13.0 Å². The second-order valence-corrected chi connectivity index (χ2v) is 5.68. The number of anilines is 1. The van der Waals surface area contributed by atoms with Crippen LogP contribution in [0.1, 0.15) is 11.5 Å². The molecule has 0 aliphatic carbocycles. The lowest BCUT2D eigenvalue weighted by molar-refractivity contribution is -0.115. The highest BCUT2D eigenvalue weighted by Crippen LogP contribution is 2.20. The predicted octanol–water partition coefficient (Wildman–Crippen LogP) is 4.08. The number of benzene rings is 2. The number of halogens is 1. The van der Waals surface area contributed by atoms with Crippen LogP contribution in [0.4, 0.5) is 5.69 Å². The summed E-state index contributed by atoms with van der Waals surface area (Å²) >= 11 is 3.37. The molecule has 3 aromatic rings. The molecule has 0 saturated heterocycles. The van der Waals surface area contributed by atoms with E-state index in [0.29, 0.717) is 23.6 Å². The summed E-state index contributed by atoms with van der Waals surface area (Å²) in [5.41, 5.74) is 3.14. The number of nitrogens with zero attached hydrogens (tertiary/aromatic N) is 1. The van der Waals surface area contributed by atoms with Crippen molar-refractivity contribution in [3.05, 3.63) is 58.4 Å². The molecule has 0 fully saturated rings. The van der Waals surface area contributed by atoms with Crippen LogP contribution in [0.5, 0.6) is 0 Å².